The van der Waals surface area contributed by atoms with Crippen molar-refractivity contribution in [3.8, 4) is 0 Å². The molecule has 2 heterocycles. The first-order chi connectivity index (χ1) is 11.4. The van der Waals surface area contributed by atoms with Crippen LogP contribution in [0.2, 0.25) is 5.02 Å². The van der Waals surface area contributed by atoms with Crippen molar-refractivity contribution in [2.24, 2.45) is 0 Å². The standard InChI is InChI=1S/C16H19ClFN3O3/c17-11-5-10(6-12(18)7-11)8-20-14(22)16(24)2-4-21(15(16)23)13-1-3-19-9-13/h5-7,13,19,24H,1-4,8-9H2,(H,20,22)/t13-,16?/m0/s1. The minimum Gasteiger partial charge on any atom is -0.372 e. The lowest BCUT2D eigenvalue weighted by molar-refractivity contribution is -0.155. The van der Waals surface area contributed by atoms with E-state index in [1.54, 1.807) is 4.90 Å². The molecule has 2 fully saturated rings. The van der Waals surface area contributed by atoms with Crippen LogP contribution in [0.5, 0.6) is 0 Å². The molecule has 1 aromatic rings. The van der Waals surface area contributed by atoms with E-state index in [-0.39, 0.29) is 24.0 Å². The van der Waals surface area contributed by atoms with Crippen molar-refractivity contribution in [1.29, 1.82) is 0 Å². The molecule has 24 heavy (non-hydrogen) atoms. The topological polar surface area (TPSA) is 81.7 Å². The van der Waals surface area contributed by atoms with Gasteiger partial charge in [0.2, 0.25) is 5.60 Å². The zero-order chi connectivity index (χ0) is 17.3. The maximum atomic E-state index is 13.3. The summed E-state index contributed by atoms with van der Waals surface area (Å²) in [6.45, 7) is 1.82. The Morgan fingerprint density at radius 1 is 1.50 bits per heavy atom. The number of carbonyl (C=O) groups is 2. The maximum absolute atomic E-state index is 13.3. The van der Waals surface area contributed by atoms with Gasteiger partial charge in [-0.25, -0.2) is 4.39 Å². The number of rotatable bonds is 4. The van der Waals surface area contributed by atoms with Gasteiger partial charge in [-0.3, -0.25) is 9.59 Å². The molecule has 3 N–H and O–H groups in total. The molecule has 0 spiro atoms. The number of halogens is 2. The van der Waals surface area contributed by atoms with E-state index >= 15 is 0 Å². The van der Waals surface area contributed by atoms with Crippen LogP contribution >= 0.6 is 11.6 Å². The molecular weight excluding hydrogens is 337 g/mol. The molecule has 6 nitrogen and oxygen atoms in total. The Balaban J connectivity index is 1.64. The van der Waals surface area contributed by atoms with Crippen molar-refractivity contribution in [2.45, 2.75) is 31.0 Å². The van der Waals surface area contributed by atoms with Crippen LogP contribution in [0.15, 0.2) is 18.2 Å². The lowest BCUT2D eigenvalue weighted by Gasteiger charge is -2.25. The van der Waals surface area contributed by atoms with Gasteiger partial charge in [0.1, 0.15) is 5.82 Å². The normalized spacial score (nSPS) is 26.9. The zero-order valence-electron chi connectivity index (χ0n) is 13.0. The molecule has 0 radical (unpaired) electrons. The predicted molar refractivity (Wildman–Crippen MR) is 85.8 cm³/mol. The van der Waals surface area contributed by atoms with E-state index in [0.29, 0.717) is 18.7 Å². The van der Waals surface area contributed by atoms with E-state index in [1.807, 2.05) is 0 Å². The Kier molecular flexibility index (Phi) is 4.76. The SMILES string of the molecule is O=C(NCc1cc(F)cc(Cl)c1)C1(O)CCN([C@H]2CCNC2)C1=O. The van der Waals surface area contributed by atoms with Gasteiger partial charge in [-0.05, 0) is 36.7 Å². The number of amides is 2. The van der Waals surface area contributed by atoms with Crippen LogP contribution in [0.4, 0.5) is 4.39 Å². The van der Waals surface area contributed by atoms with E-state index < -0.39 is 23.2 Å². The van der Waals surface area contributed by atoms with E-state index in [9.17, 15) is 19.1 Å². The van der Waals surface area contributed by atoms with Gasteiger partial charge in [-0.15, -0.1) is 0 Å². The summed E-state index contributed by atoms with van der Waals surface area (Å²) >= 11 is 5.77. The molecule has 130 valence electrons. The zero-order valence-corrected chi connectivity index (χ0v) is 13.8. The largest absolute Gasteiger partial charge is 0.372 e. The van der Waals surface area contributed by atoms with Crippen LogP contribution < -0.4 is 10.6 Å². The van der Waals surface area contributed by atoms with Crippen LogP contribution in [-0.2, 0) is 16.1 Å². The Hall–Kier alpha value is -1.70. The second kappa shape index (κ2) is 6.66. The number of carbonyl (C=O) groups excluding carboxylic acids is 2. The fourth-order valence-corrected chi connectivity index (χ4v) is 3.48. The van der Waals surface area contributed by atoms with Crippen molar-refractivity contribution in [3.63, 3.8) is 0 Å². The molecule has 1 aromatic carbocycles. The summed E-state index contributed by atoms with van der Waals surface area (Å²) in [5, 5.41) is 16.4. The summed E-state index contributed by atoms with van der Waals surface area (Å²) in [5.74, 6) is -1.84. The number of benzene rings is 1. The summed E-state index contributed by atoms with van der Waals surface area (Å²) in [6, 6.07) is 3.93. The van der Waals surface area contributed by atoms with Crippen molar-refractivity contribution in [3.05, 3.63) is 34.6 Å². The average molecular weight is 356 g/mol. The van der Waals surface area contributed by atoms with Crippen LogP contribution in [-0.4, -0.2) is 53.1 Å². The highest BCUT2D eigenvalue weighted by Crippen LogP contribution is 2.27. The smallest absolute Gasteiger partial charge is 0.264 e. The number of nitrogens with one attached hydrogen (secondary N) is 2. The van der Waals surface area contributed by atoms with Crippen molar-refractivity contribution >= 4 is 23.4 Å². The highest BCUT2D eigenvalue weighted by atomic mass is 35.5. The number of likely N-dealkylation sites (tertiary alicyclic amines) is 1. The van der Waals surface area contributed by atoms with E-state index in [4.69, 9.17) is 11.6 Å². The first kappa shape index (κ1) is 17.1. The van der Waals surface area contributed by atoms with Gasteiger partial charge < -0.3 is 20.6 Å². The molecule has 0 aliphatic carbocycles. The maximum Gasteiger partial charge on any atom is 0.264 e. The van der Waals surface area contributed by atoms with Crippen molar-refractivity contribution < 1.29 is 19.1 Å². The van der Waals surface area contributed by atoms with Gasteiger partial charge >= 0.3 is 0 Å². The minimum absolute atomic E-state index is 0.0151. The van der Waals surface area contributed by atoms with Gasteiger partial charge in [0.25, 0.3) is 11.8 Å². The molecule has 8 heteroatoms. The molecule has 2 amide bonds. The van der Waals surface area contributed by atoms with Gasteiger partial charge in [-0.1, -0.05) is 11.6 Å². The second-order valence-corrected chi connectivity index (χ2v) is 6.65. The van der Waals surface area contributed by atoms with Crippen molar-refractivity contribution in [1.82, 2.24) is 15.5 Å². The van der Waals surface area contributed by atoms with Crippen LogP contribution in [0.3, 0.4) is 0 Å². The van der Waals surface area contributed by atoms with Crippen LogP contribution in [0.1, 0.15) is 18.4 Å². The van der Waals surface area contributed by atoms with Gasteiger partial charge in [0.05, 0.1) is 0 Å². The Morgan fingerprint density at radius 3 is 2.96 bits per heavy atom. The highest BCUT2D eigenvalue weighted by molar-refractivity contribution is 6.30. The van der Waals surface area contributed by atoms with E-state index in [1.165, 1.54) is 12.1 Å². The number of hydrogen-bond donors (Lipinski definition) is 3. The van der Waals surface area contributed by atoms with Crippen LogP contribution in [0, 0.1) is 5.82 Å². The Morgan fingerprint density at radius 2 is 2.29 bits per heavy atom. The molecule has 0 saturated carbocycles. The lowest BCUT2D eigenvalue weighted by atomic mass is 10.0. The molecule has 2 atom stereocenters. The van der Waals surface area contributed by atoms with E-state index in [0.717, 1.165) is 19.0 Å². The van der Waals surface area contributed by atoms with Gasteiger partial charge in [0, 0.05) is 37.1 Å². The average Bonchev–Trinajstić information content (AvgIpc) is 3.14. The lowest BCUT2D eigenvalue weighted by Crippen LogP contribution is -2.53. The summed E-state index contributed by atoms with van der Waals surface area (Å²) in [5.41, 5.74) is -1.60. The number of aliphatic hydroxyl groups is 1. The third-order valence-corrected chi connectivity index (χ3v) is 4.77. The van der Waals surface area contributed by atoms with Gasteiger partial charge in [-0.2, -0.15) is 0 Å². The fourth-order valence-electron chi connectivity index (χ4n) is 3.23. The third-order valence-electron chi connectivity index (χ3n) is 4.56. The van der Waals surface area contributed by atoms with Crippen molar-refractivity contribution in [2.75, 3.05) is 19.6 Å². The Labute approximate surface area is 144 Å². The van der Waals surface area contributed by atoms with E-state index in [2.05, 4.69) is 10.6 Å². The first-order valence-electron chi connectivity index (χ1n) is 7.87. The summed E-state index contributed by atoms with van der Waals surface area (Å²) < 4.78 is 13.3. The fraction of sp³-hybridized carbons (Fsp3) is 0.500. The second-order valence-electron chi connectivity index (χ2n) is 6.22. The molecule has 2 saturated heterocycles. The molecule has 2 aliphatic heterocycles. The summed E-state index contributed by atoms with van der Waals surface area (Å²) in [7, 11) is 0. The number of hydrogen-bond acceptors (Lipinski definition) is 4. The summed E-state index contributed by atoms with van der Waals surface area (Å²) in [4.78, 5) is 26.4. The first-order valence-corrected chi connectivity index (χ1v) is 8.25. The molecule has 0 bridgehead atoms. The molecule has 1 unspecified atom stereocenters. The third kappa shape index (κ3) is 3.24. The predicted octanol–water partition coefficient (Wildman–Crippen LogP) is 0.421. The molecule has 3 rings (SSSR count). The number of nitrogens with zero attached hydrogens (tertiary/aromatic N) is 1. The highest BCUT2D eigenvalue weighted by Gasteiger charge is 2.52. The Bertz CT molecular complexity index is 646. The van der Waals surface area contributed by atoms with Gasteiger partial charge in [0.15, 0.2) is 0 Å². The molecule has 0 aromatic heterocycles. The minimum atomic E-state index is -2.06. The molecule has 2 aliphatic rings. The van der Waals surface area contributed by atoms with Crippen LogP contribution in [0.25, 0.3) is 0 Å². The molecular formula is C16H19ClFN3O3. The quantitative estimate of drug-likeness (QED) is 0.684. The summed E-state index contributed by atoms with van der Waals surface area (Å²) in [6.07, 6.45) is 0.864. The monoisotopic (exact) mass is 355 g/mol.